The zero-order valence-corrected chi connectivity index (χ0v) is 20.1. The van der Waals surface area contributed by atoms with Crippen LogP contribution in [0.5, 0.6) is 11.5 Å². The summed E-state index contributed by atoms with van der Waals surface area (Å²) in [4.78, 5) is 16.8. The molecule has 0 fully saturated rings. The number of rotatable bonds is 9. The van der Waals surface area contributed by atoms with E-state index in [2.05, 4.69) is 15.0 Å². The van der Waals surface area contributed by atoms with Crippen molar-refractivity contribution in [2.75, 3.05) is 27.3 Å². The molecule has 1 heterocycles. The van der Waals surface area contributed by atoms with Gasteiger partial charge in [-0.2, -0.15) is 0 Å². The first-order valence-electron chi connectivity index (χ1n) is 10.6. The molecule has 0 atom stereocenters. The Hall–Kier alpha value is -3.33. The van der Waals surface area contributed by atoms with Gasteiger partial charge in [0.1, 0.15) is 17.3 Å². The Morgan fingerprint density at radius 2 is 1.76 bits per heavy atom. The van der Waals surface area contributed by atoms with Crippen molar-refractivity contribution in [3.05, 3.63) is 64.7 Å². The zero-order chi connectivity index (χ0) is 24.0. The highest BCUT2D eigenvalue weighted by Gasteiger charge is 2.34. The standard InChI is InChI=1S/C24H29N3O5S/c1-5-19-23(18-9-6-16(2)7-10-18)33(29,30)27-24(19)26-15-22(28)25-13-12-17-8-11-20(31-3)21(14-17)32-4/h6-11,14H,5,12-13,15H2,1-4H3,(H,25,28)(H,26,27). The third-order valence-electron chi connectivity index (χ3n) is 5.29. The highest BCUT2D eigenvalue weighted by Crippen LogP contribution is 2.32. The van der Waals surface area contributed by atoms with E-state index in [0.717, 1.165) is 11.1 Å². The van der Waals surface area contributed by atoms with Crippen molar-refractivity contribution in [1.29, 1.82) is 0 Å². The van der Waals surface area contributed by atoms with E-state index in [0.29, 0.717) is 42.0 Å². The number of sulfonamides is 1. The number of hydrogen-bond donors (Lipinski definition) is 2. The molecule has 0 aromatic heterocycles. The minimum atomic E-state index is -3.73. The van der Waals surface area contributed by atoms with Gasteiger partial charge in [-0.05, 0) is 43.0 Å². The van der Waals surface area contributed by atoms with Crippen LogP contribution < -0.4 is 19.5 Å². The molecule has 2 aromatic rings. The van der Waals surface area contributed by atoms with Gasteiger partial charge in [0, 0.05) is 12.1 Å². The second-order valence-corrected chi connectivity index (χ2v) is 9.21. The zero-order valence-electron chi connectivity index (χ0n) is 19.3. The number of carbonyl (C=O) groups is 1. The Balaban J connectivity index is 1.65. The van der Waals surface area contributed by atoms with Crippen molar-refractivity contribution in [2.45, 2.75) is 26.7 Å². The van der Waals surface area contributed by atoms with Crippen LogP contribution in [0, 0.1) is 6.92 Å². The lowest BCUT2D eigenvalue weighted by Crippen LogP contribution is -2.30. The van der Waals surface area contributed by atoms with Crippen molar-refractivity contribution in [3.63, 3.8) is 0 Å². The average molecular weight is 472 g/mol. The van der Waals surface area contributed by atoms with Gasteiger partial charge in [-0.3, -0.25) is 14.5 Å². The lowest BCUT2D eigenvalue weighted by Gasteiger charge is -2.10. The molecule has 0 unspecified atom stereocenters. The first kappa shape index (κ1) is 24.3. The molecule has 1 aliphatic rings. The molecule has 0 saturated heterocycles. The van der Waals surface area contributed by atoms with Crippen LogP contribution in [0.1, 0.15) is 30.0 Å². The summed E-state index contributed by atoms with van der Waals surface area (Å²) in [6.45, 7) is 4.05. The van der Waals surface area contributed by atoms with Gasteiger partial charge in [-0.1, -0.05) is 42.8 Å². The molecule has 0 spiro atoms. The maximum atomic E-state index is 12.7. The van der Waals surface area contributed by atoms with Crippen LogP contribution in [-0.2, 0) is 21.2 Å². The Morgan fingerprint density at radius 3 is 2.39 bits per heavy atom. The molecule has 0 aliphatic carbocycles. The van der Waals surface area contributed by atoms with E-state index in [1.807, 2.05) is 44.2 Å². The van der Waals surface area contributed by atoms with E-state index in [1.54, 1.807) is 26.4 Å². The Labute approximate surface area is 194 Å². The average Bonchev–Trinajstić information content (AvgIpc) is 3.07. The molecule has 3 rings (SSSR count). The molecule has 1 aliphatic heterocycles. The molecule has 0 radical (unpaired) electrons. The van der Waals surface area contributed by atoms with Crippen LogP contribution in [0.2, 0.25) is 0 Å². The van der Waals surface area contributed by atoms with Gasteiger partial charge in [0.15, 0.2) is 11.5 Å². The summed E-state index contributed by atoms with van der Waals surface area (Å²) in [7, 11) is -0.583. The summed E-state index contributed by atoms with van der Waals surface area (Å²) in [6, 6.07) is 12.9. The lowest BCUT2D eigenvalue weighted by molar-refractivity contribution is -0.119. The number of aryl methyl sites for hydroxylation is 1. The van der Waals surface area contributed by atoms with Crippen molar-refractivity contribution >= 4 is 26.7 Å². The Bertz CT molecular complexity index is 1190. The third kappa shape index (κ3) is 5.73. The first-order chi connectivity index (χ1) is 15.8. The quantitative estimate of drug-likeness (QED) is 0.585. The fourth-order valence-electron chi connectivity index (χ4n) is 3.59. The van der Waals surface area contributed by atoms with Crippen molar-refractivity contribution in [2.24, 2.45) is 4.99 Å². The molecular formula is C24H29N3O5S. The fourth-order valence-corrected chi connectivity index (χ4v) is 5.14. The van der Waals surface area contributed by atoms with Crippen molar-refractivity contribution in [3.8, 4) is 11.5 Å². The number of benzene rings is 2. The van der Waals surface area contributed by atoms with Gasteiger partial charge in [0.25, 0.3) is 10.0 Å². The second-order valence-electron chi connectivity index (χ2n) is 7.59. The minimum absolute atomic E-state index is 0.172. The second kappa shape index (κ2) is 10.5. The Kier molecular flexibility index (Phi) is 7.75. The van der Waals surface area contributed by atoms with Crippen molar-refractivity contribution < 1.29 is 22.7 Å². The molecule has 176 valence electrons. The molecular weight excluding hydrogens is 442 g/mol. The SMILES string of the molecule is CCC1=C(c2ccc(C)cc2)S(=O)(=O)NC1=NCC(=O)NCCc1ccc(OC)c(OC)c1. The summed E-state index contributed by atoms with van der Waals surface area (Å²) in [5, 5.41) is 2.81. The van der Waals surface area contributed by atoms with Crippen LogP contribution in [0.4, 0.5) is 0 Å². The Morgan fingerprint density at radius 1 is 1.06 bits per heavy atom. The molecule has 0 saturated carbocycles. The number of nitrogens with one attached hydrogen (secondary N) is 2. The number of ether oxygens (including phenoxy) is 2. The smallest absolute Gasteiger partial charge is 0.264 e. The van der Waals surface area contributed by atoms with Crippen LogP contribution in [0.3, 0.4) is 0 Å². The number of aliphatic imine (C=N–C) groups is 1. The molecule has 9 heteroatoms. The summed E-state index contributed by atoms with van der Waals surface area (Å²) < 4.78 is 38.5. The molecule has 1 amide bonds. The van der Waals surface area contributed by atoms with Crippen LogP contribution in [0.25, 0.3) is 4.91 Å². The highest BCUT2D eigenvalue weighted by atomic mass is 32.2. The van der Waals surface area contributed by atoms with Crippen LogP contribution in [-0.4, -0.2) is 47.5 Å². The van der Waals surface area contributed by atoms with Gasteiger partial charge < -0.3 is 14.8 Å². The van der Waals surface area contributed by atoms with Gasteiger partial charge in [-0.25, -0.2) is 8.42 Å². The number of amides is 1. The van der Waals surface area contributed by atoms with E-state index in [1.165, 1.54) is 0 Å². The molecule has 2 aromatic carbocycles. The molecule has 33 heavy (non-hydrogen) atoms. The van der Waals surface area contributed by atoms with E-state index in [4.69, 9.17) is 9.47 Å². The minimum Gasteiger partial charge on any atom is -0.493 e. The topological polar surface area (TPSA) is 106 Å². The van der Waals surface area contributed by atoms with Gasteiger partial charge in [-0.15, -0.1) is 0 Å². The lowest BCUT2D eigenvalue weighted by atomic mass is 10.1. The summed E-state index contributed by atoms with van der Waals surface area (Å²) in [6.07, 6.45) is 1.07. The molecule has 0 bridgehead atoms. The monoisotopic (exact) mass is 471 g/mol. The van der Waals surface area contributed by atoms with E-state index < -0.39 is 10.0 Å². The number of amidine groups is 1. The van der Waals surface area contributed by atoms with E-state index in [9.17, 15) is 13.2 Å². The van der Waals surface area contributed by atoms with Gasteiger partial charge >= 0.3 is 0 Å². The normalized spacial score (nSPS) is 15.9. The predicted molar refractivity (Wildman–Crippen MR) is 129 cm³/mol. The summed E-state index contributed by atoms with van der Waals surface area (Å²) >= 11 is 0. The number of nitrogens with zero attached hydrogens (tertiary/aromatic N) is 1. The number of methoxy groups -OCH3 is 2. The maximum Gasteiger partial charge on any atom is 0.264 e. The van der Waals surface area contributed by atoms with E-state index >= 15 is 0 Å². The first-order valence-corrected chi connectivity index (χ1v) is 12.1. The summed E-state index contributed by atoms with van der Waals surface area (Å²) in [5.41, 5.74) is 3.22. The molecule has 8 nitrogen and oxygen atoms in total. The van der Waals surface area contributed by atoms with Gasteiger partial charge in [0.05, 0.1) is 14.2 Å². The van der Waals surface area contributed by atoms with Crippen LogP contribution in [0.15, 0.2) is 53.0 Å². The fraction of sp³-hybridized carbons (Fsp3) is 0.333. The number of carbonyl (C=O) groups excluding carboxylic acids is 1. The van der Waals surface area contributed by atoms with E-state index in [-0.39, 0.29) is 23.2 Å². The van der Waals surface area contributed by atoms with Gasteiger partial charge in [0.2, 0.25) is 5.91 Å². The number of hydrogen-bond acceptors (Lipinski definition) is 6. The highest BCUT2D eigenvalue weighted by molar-refractivity contribution is 8.00. The van der Waals surface area contributed by atoms with Crippen molar-refractivity contribution in [1.82, 2.24) is 10.0 Å². The molecule has 2 N–H and O–H groups in total. The summed E-state index contributed by atoms with van der Waals surface area (Å²) in [5.74, 6) is 1.21. The maximum absolute atomic E-state index is 12.7. The van der Waals surface area contributed by atoms with Crippen LogP contribution >= 0.6 is 0 Å². The predicted octanol–water partition coefficient (Wildman–Crippen LogP) is 2.82. The third-order valence-corrected chi connectivity index (χ3v) is 6.77. The largest absolute Gasteiger partial charge is 0.493 e.